The number of hydrogen-bond donors (Lipinski definition) is 1. The molecule has 0 amide bonds. The topological polar surface area (TPSA) is 42.7 Å². The third-order valence-corrected chi connectivity index (χ3v) is 5.35. The van der Waals surface area contributed by atoms with E-state index >= 15 is 0 Å². The van der Waals surface area contributed by atoms with Crippen molar-refractivity contribution < 1.29 is 0 Å². The molecule has 22 heavy (non-hydrogen) atoms. The maximum atomic E-state index is 4.95. The highest BCUT2D eigenvalue weighted by Crippen LogP contribution is 2.30. The lowest BCUT2D eigenvalue weighted by Gasteiger charge is -2.23. The van der Waals surface area contributed by atoms with Crippen LogP contribution in [0.25, 0.3) is 0 Å². The molecule has 2 aromatic rings. The second kappa shape index (κ2) is 6.13. The summed E-state index contributed by atoms with van der Waals surface area (Å²) in [6, 6.07) is 0. The Bertz CT molecular complexity index is 635. The quantitative estimate of drug-likeness (QED) is 0.936. The first-order valence-corrected chi connectivity index (χ1v) is 9.00. The van der Waals surface area contributed by atoms with Crippen molar-refractivity contribution in [1.82, 2.24) is 19.9 Å². The summed E-state index contributed by atoms with van der Waals surface area (Å²) in [6.45, 7) is 11.8. The van der Waals surface area contributed by atoms with E-state index in [2.05, 4.69) is 48.8 Å². The maximum Gasteiger partial charge on any atom is 0.113 e. The van der Waals surface area contributed by atoms with Crippen LogP contribution in [0.5, 0.6) is 0 Å². The van der Waals surface area contributed by atoms with Crippen LogP contribution in [0.15, 0.2) is 11.7 Å². The molecule has 1 aliphatic heterocycles. The highest BCUT2D eigenvalue weighted by molar-refractivity contribution is 7.09. The number of aromatic nitrogens is 3. The number of nitrogens with one attached hydrogen (secondary N) is 1. The summed E-state index contributed by atoms with van der Waals surface area (Å²) in [5.41, 5.74) is 4.42. The summed E-state index contributed by atoms with van der Waals surface area (Å²) in [5.74, 6) is 1.79. The summed E-state index contributed by atoms with van der Waals surface area (Å²) in [7, 11) is 0. The molecule has 3 rings (SSSR count). The van der Waals surface area contributed by atoms with Crippen molar-refractivity contribution >= 4 is 11.3 Å². The molecule has 0 saturated heterocycles. The smallest absolute Gasteiger partial charge is 0.113 e. The fraction of sp³-hybridized carbons (Fsp3) is 0.647. The van der Waals surface area contributed by atoms with Crippen LogP contribution in [-0.2, 0) is 18.5 Å². The molecule has 0 saturated carbocycles. The largest absolute Gasteiger partial charge is 0.334 e. The average Bonchev–Trinajstić information content (AvgIpc) is 3.05. The van der Waals surface area contributed by atoms with E-state index in [1.807, 2.05) is 5.51 Å². The van der Waals surface area contributed by atoms with Crippen LogP contribution >= 0.6 is 11.3 Å². The molecule has 2 aromatic heterocycles. The van der Waals surface area contributed by atoms with Gasteiger partial charge in [-0.25, -0.2) is 9.97 Å². The van der Waals surface area contributed by atoms with Gasteiger partial charge in [0.15, 0.2) is 0 Å². The van der Waals surface area contributed by atoms with E-state index in [1.165, 1.54) is 29.2 Å². The van der Waals surface area contributed by atoms with Crippen molar-refractivity contribution in [3.8, 4) is 0 Å². The standard InChI is InChI=1S/C17H26N4S/c1-12-14(22-11-19-12)9-18-8-13-6-5-7-21-10-15(17(2,3)4)20-16(13)21/h10-11,13,18H,5-9H2,1-4H3/t13-/m0/s1. The molecule has 120 valence electrons. The number of thiazole rings is 1. The Morgan fingerprint density at radius 1 is 1.41 bits per heavy atom. The first kappa shape index (κ1) is 15.7. The molecule has 0 aliphatic carbocycles. The van der Waals surface area contributed by atoms with Gasteiger partial charge in [-0.05, 0) is 19.8 Å². The van der Waals surface area contributed by atoms with E-state index in [0.29, 0.717) is 5.92 Å². The third kappa shape index (κ3) is 3.25. The molecule has 5 heteroatoms. The van der Waals surface area contributed by atoms with Gasteiger partial charge in [0.2, 0.25) is 0 Å². The van der Waals surface area contributed by atoms with Gasteiger partial charge in [0.1, 0.15) is 5.82 Å². The van der Waals surface area contributed by atoms with Crippen molar-refractivity contribution in [3.63, 3.8) is 0 Å². The van der Waals surface area contributed by atoms with Gasteiger partial charge in [-0.3, -0.25) is 0 Å². The van der Waals surface area contributed by atoms with Crippen molar-refractivity contribution in [1.29, 1.82) is 0 Å². The van der Waals surface area contributed by atoms with Gasteiger partial charge in [0, 0.05) is 42.0 Å². The Morgan fingerprint density at radius 2 is 2.23 bits per heavy atom. The molecule has 1 N–H and O–H groups in total. The van der Waals surface area contributed by atoms with Crippen LogP contribution < -0.4 is 5.32 Å². The van der Waals surface area contributed by atoms with Gasteiger partial charge in [0.05, 0.1) is 16.9 Å². The second-order valence-electron chi connectivity index (χ2n) is 7.26. The monoisotopic (exact) mass is 318 g/mol. The lowest BCUT2D eigenvalue weighted by molar-refractivity contribution is 0.423. The Balaban J connectivity index is 1.67. The van der Waals surface area contributed by atoms with Crippen LogP contribution in [0.1, 0.15) is 61.6 Å². The molecule has 0 aromatic carbocycles. The molecule has 0 radical (unpaired) electrons. The molecule has 0 unspecified atom stereocenters. The van der Waals surface area contributed by atoms with Gasteiger partial charge >= 0.3 is 0 Å². The minimum atomic E-state index is 0.127. The number of nitrogens with zero attached hydrogens (tertiary/aromatic N) is 3. The molecule has 1 atom stereocenters. The average molecular weight is 318 g/mol. The Labute approximate surface area is 137 Å². The van der Waals surface area contributed by atoms with E-state index in [-0.39, 0.29) is 5.41 Å². The van der Waals surface area contributed by atoms with Gasteiger partial charge < -0.3 is 9.88 Å². The summed E-state index contributed by atoms with van der Waals surface area (Å²) in [6.07, 6.45) is 4.74. The molecular formula is C17H26N4S. The predicted molar refractivity (Wildman–Crippen MR) is 91.5 cm³/mol. The fourth-order valence-corrected chi connectivity index (χ4v) is 3.73. The van der Waals surface area contributed by atoms with E-state index < -0.39 is 0 Å². The molecule has 3 heterocycles. The number of aryl methyl sites for hydroxylation is 2. The van der Waals surface area contributed by atoms with Crippen LogP contribution in [-0.4, -0.2) is 21.1 Å². The van der Waals surface area contributed by atoms with Crippen molar-refractivity contribution in [2.24, 2.45) is 0 Å². The minimum absolute atomic E-state index is 0.127. The normalized spacial score (nSPS) is 18.5. The highest BCUT2D eigenvalue weighted by Gasteiger charge is 2.26. The molecule has 4 nitrogen and oxygen atoms in total. The van der Waals surface area contributed by atoms with Crippen molar-refractivity contribution in [2.75, 3.05) is 6.54 Å². The Morgan fingerprint density at radius 3 is 2.91 bits per heavy atom. The lowest BCUT2D eigenvalue weighted by Crippen LogP contribution is -2.26. The van der Waals surface area contributed by atoms with Gasteiger partial charge in [-0.1, -0.05) is 20.8 Å². The molecule has 1 aliphatic rings. The Hall–Kier alpha value is -1.20. The summed E-state index contributed by atoms with van der Waals surface area (Å²) in [5, 5.41) is 3.60. The molecule has 0 spiro atoms. The van der Waals surface area contributed by atoms with Gasteiger partial charge in [-0.2, -0.15) is 0 Å². The van der Waals surface area contributed by atoms with Gasteiger partial charge in [0.25, 0.3) is 0 Å². The molecular weight excluding hydrogens is 292 g/mol. The Kier molecular flexibility index (Phi) is 4.37. The van der Waals surface area contributed by atoms with Crippen molar-refractivity contribution in [3.05, 3.63) is 33.8 Å². The number of imidazole rings is 1. The molecule has 0 fully saturated rings. The van der Waals surface area contributed by atoms with E-state index in [4.69, 9.17) is 4.98 Å². The van der Waals surface area contributed by atoms with E-state index in [1.54, 1.807) is 11.3 Å². The van der Waals surface area contributed by atoms with Crippen LogP contribution in [0, 0.1) is 6.92 Å². The second-order valence-corrected chi connectivity index (χ2v) is 8.20. The summed E-state index contributed by atoms with van der Waals surface area (Å²) in [4.78, 5) is 10.6. The third-order valence-electron chi connectivity index (χ3n) is 4.41. The minimum Gasteiger partial charge on any atom is -0.334 e. The van der Waals surface area contributed by atoms with E-state index in [0.717, 1.165) is 25.3 Å². The number of fused-ring (bicyclic) bond motifs is 1. The van der Waals surface area contributed by atoms with Crippen LogP contribution in [0.3, 0.4) is 0 Å². The van der Waals surface area contributed by atoms with Crippen LogP contribution in [0.4, 0.5) is 0 Å². The zero-order valence-electron chi connectivity index (χ0n) is 14.0. The zero-order valence-corrected chi connectivity index (χ0v) is 14.8. The number of rotatable bonds is 4. The lowest BCUT2D eigenvalue weighted by atomic mass is 9.93. The summed E-state index contributed by atoms with van der Waals surface area (Å²) < 4.78 is 2.37. The first-order valence-electron chi connectivity index (χ1n) is 8.12. The first-order chi connectivity index (χ1) is 10.4. The fourth-order valence-electron chi connectivity index (χ4n) is 2.98. The molecule has 0 bridgehead atoms. The maximum absolute atomic E-state index is 4.95. The SMILES string of the molecule is Cc1ncsc1CNC[C@@H]1CCCn2cc(C(C)(C)C)nc21. The van der Waals surface area contributed by atoms with Crippen molar-refractivity contribution in [2.45, 2.75) is 65.0 Å². The summed E-state index contributed by atoms with van der Waals surface area (Å²) >= 11 is 1.73. The predicted octanol–water partition coefficient (Wildman–Crippen LogP) is 3.61. The van der Waals surface area contributed by atoms with Gasteiger partial charge in [-0.15, -0.1) is 11.3 Å². The number of hydrogen-bond acceptors (Lipinski definition) is 4. The van der Waals surface area contributed by atoms with Crippen LogP contribution in [0.2, 0.25) is 0 Å². The van der Waals surface area contributed by atoms with E-state index in [9.17, 15) is 0 Å². The zero-order chi connectivity index (χ0) is 15.7. The highest BCUT2D eigenvalue weighted by atomic mass is 32.1.